The molecule has 6 nitrogen and oxygen atoms in total. The van der Waals surface area contributed by atoms with Crippen LogP contribution < -0.4 is 0 Å². The average Bonchev–Trinajstić information content (AvgIpc) is 1.65. The first-order valence-electron chi connectivity index (χ1n) is 28.0. The van der Waals surface area contributed by atoms with Gasteiger partial charge in [-0.05, 0) is 166 Å². The lowest BCUT2D eigenvalue weighted by Crippen LogP contribution is -2.17. The normalized spacial score (nSPS) is 13.3. The van der Waals surface area contributed by atoms with E-state index in [1.165, 1.54) is 18.2 Å². The third-order valence-electron chi connectivity index (χ3n) is 16.0. The van der Waals surface area contributed by atoms with E-state index in [2.05, 4.69) is 124 Å². The van der Waals surface area contributed by atoms with Crippen LogP contribution in [0.3, 0.4) is 0 Å². The summed E-state index contributed by atoms with van der Waals surface area (Å²) in [6.07, 6.45) is -11.2. The average molecular weight is 1160 g/mol. The van der Waals surface area contributed by atoms with Crippen molar-refractivity contribution >= 4 is 43.6 Å². The van der Waals surface area contributed by atoms with E-state index in [9.17, 15) is 39.5 Å². The largest absolute Gasteiger partial charge is 0.416 e. The lowest BCUT2D eigenvalue weighted by Gasteiger charge is -2.26. The minimum Gasteiger partial charge on any atom is -0.309 e. The number of hydrogen-bond donors (Lipinski definition) is 0. The number of alkyl halides is 9. The number of aromatic nitrogens is 6. The van der Waals surface area contributed by atoms with Crippen LogP contribution in [-0.2, 0) is 40.2 Å². The van der Waals surface area contributed by atoms with Gasteiger partial charge >= 0.3 is 18.5 Å². The minimum atomic E-state index is -4.84. The highest BCUT2D eigenvalue weighted by Gasteiger charge is 2.35. The smallest absolute Gasteiger partial charge is 0.309 e. The van der Waals surface area contributed by atoms with Gasteiger partial charge in [-0.1, -0.05) is 107 Å². The molecule has 0 aliphatic rings. The van der Waals surface area contributed by atoms with Crippen molar-refractivity contribution in [1.82, 2.24) is 29.1 Å². The molecule has 85 heavy (non-hydrogen) atoms. The number of nitrogens with zero attached hydrogens (tertiary/aromatic N) is 6. The van der Waals surface area contributed by atoms with E-state index in [1.807, 2.05) is 35.8 Å². The van der Waals surface area contributed by atoms with Crippen molar-refractivity contribution in [3.63, 3.8) is 0 Å². The van der Waals surface area contributed by atoms with Crippen LogP contribution in [0.15, 0.2) is 146 Å². The van der Waals surface area contributed by atoms with Gasteiger partial charge in [0.15, 0.2) is 17.5 Å². The number of fused-ring (bicyclic) bond motifs is 6. The molecule has 0 saturated heterocycles. The first kappa shape index (κ1) is 58.4. The summed E-state index contributed by atoms with van der Waals surface area (Å²) in [5, 5.41) is 0.699. The van der Waals surface area contributed by atoms with Crippen LogP contribution in [0.25, 0.3) is 100 Å². The molecule has 0 unspecified atom stereocenters. The van der Waals surface area contributed by atoms with Crippen LogP contribution in [0.2, 0.25) is 0 Å². The number of halogens is 9. The van der Waals surface area contributed by atoms with Crippen molar-refractivity contribution < 1.29 is 39.5 Å². The standard InChI is InChI=1S/C70H63F9N6/c1-38-14-19-55-50(26-38)52-34-42(68(71,72)73)18-23-59(52)85(55)60-37-80-25-24-49(60)51-31-39(15-20-56(51)84-57-21-16-43(69(74,75)76)35-53(57)54-36-44(70(77,78)79)17-22-58(54)84)61-81-62(40-27-45(64(2,3)4)32-46(28-40)65(5,6)7)83-63(82-61)41-29-47(66(8,9)10)33-48(30-41)67(11,12)13/h14-37H,1-13H3. The van der Waals surface area contributed by atoms with E-state index in [0.29, 0.717) is 61.5 Å². The first-order valence-corrected chi connectivity index (χ1v) is 28.0. The molecule has 4 heterocycles. The molecule has 0 fully saturated rings. The maximum absolute atomic E-state index is 14.6. The zero-order chi connectivity index (χ0) is 61.5. The zero-order valence-electron chi connectivity index (χ0n) is 49.4. The fourth-order valence-corrected chi connectivity index (χ4v) is 11.1. The van der Waals surface area contributed by atoms with E-state index in [-0.39, 0.29) is 49.3 Å². The van der Waals surface area contributed by atoms with E-state index in [1.54, 1.807) is 35.2 Å². The van der Waals surface area contributed by atoms with Crippen LogP contribution in [0, 0.1) is 6.92 Å². The van der Waals surface area contributed by atoms with Gasteiger partial charge in [-0.25, -0.2) is 15.0 Å². The van der Waals surface area contributed by atoms with E-state index in [4.69, 9.17) is 15.0 Å². The molecular formula is C70H63F9N6. The molecular weight excluding hydrogens is 1100 g/mol. The Balaban J connectivity index is 1.27. The lowest BCUT2D eigenvalue weighted by atomic mass is 9.79. The molecule has 0 amide bonds. The second-order valence-corrected chi connectivity index (χ2v) is 26.4. The number of pyridine rings is 1. The molecule has 0 aliphatic carbocycles. The van der Waals surface area contributed by atoms with Gasteiger partial charge in [-0.15, -0.1) is 0 Å². The quantitative estimate of drug-likeness (QED) is 0.156. The SMILES string of the molecule is Cc1ccc2c(c1)c1cc(C(F)(F)F)ccc1n2-c1cnccc1-c1cc(-c2nc(-c3cc(C(C)(C)C)cc(C(C)(C)C)c3)nc(-c3cc(C(C)(C)C)cc(C(C)(C)C)c3)n2)ccc1-n1c2ccc(C(F)(F)F)cc2c2cc(C(F)(F)F)ccc21. The number of rotatable bonds is 6. The third kappa shape index (κ3) is 10.9. The van der Waals surface area contributed by atoms with Crippen molar-refractivity contribution in [1.29, 1.82) is 0 Å². The number of hydrogen-bond acceptors (Lipinski definition) is 4. The Kier molecular flexibility index (Phi) is 13.7. The van der Waals surface area contributed by atoms with Gasteiger partial charge in [-0.3, -0.25) is 4.98 Å². The molecule has 436 valence electrons. The van der Waals surface area contributed by atoms with Crippen LogP contribution in [-0.4, -0.2) is 29.1 Å². The fraction of sp³-hybridized carbons (Fsp3) is 0.286. The molecule has 15 heteroatoms. The summed E-state index contributed by atoms with van der Waals surface area (Å²) in [5.41, 5.74) is 5.84. The highest BCUT2D eigenvalue weighted by atomic mass is 19.4. The van der Waals surface area contributed by atoms with Crippen LogP contribution in [0.1, 0.15) is 128 Å². The summed E-state index contributed by atoms with van der Waals surface area (Å²) >= 11 is 0. The van der Waals surface area contributed by atoms with E-state index < -0.39 is 35.2 Å². The van der Waals surface area contributed by atoms with Crippen LogP contribution in [0.4, 0.5) is 39.5 Å². The molecule has 0 atom stereocenters. The van der Waals surface area contributed by atoms with Crippen molar-refractivity contribution in [3.05, 3.63) is 190 Å². The molecule has 7 aromatic carbocycles. The second kappa shape index (κ2) is 19.9. The molecule has 4 aromatic heterocycles. The minimum absolute atomic E-state index is 0.0786. The van der Waals surface area contributed by atoms with Gasteiger partial charge in [-0.2, -0.15) is 39.5 Å². The summed E-state index contributed by atoms with van der Waals surface area (Å²) in [6, 6.07) is 35.0. The maximum atomic E-state index is 14.6. The number of benzene rings is 7. The molecule has 0 radical (unpaired) electrons. The summed E-state index contributed by atoms with van der Waals surface area (Å²) in [4.78, 5) is 20.5. The molecule has 0 N–H and O–H groups in total. The molecule has 0 saturated carbocycles. The molecule has 11 rings (SSSR count). The van der Waals surface area contributed by atoms with Crippen molar-refractivity contribution in [2.24, 2.45) is 0 Å². The van der Waals surface area contributed by atoms with Gasteiger partial charge in [0.25, 0.3) is 0 Å². The first-order chi connectivity index (χ1) is 39.4. The van der Waals surface area contributed by atoms with Gasteiger partial charge in [0.2, 0.25) is 0 Å². The third-order valence-corrected chi connectivity index (χ3v) is 16.0. The zero-order valence-corrected chi connectivity index (χ0v) is 49.4. The summed E-state index contributed by atoms with van der Waals surface area (Å²) < 4.78 is 135. The van der Waals surface area contributed by atoms with Gasteiger partial charge < -0.3 is 9.13 Å². The summed E-state index contributed by atoms with van der Waals surface area (Å²) in [7, 11) is 0. The van der Waals surface area contributed by atoms with Crippen LogP contribution in [0.5, 0.6) is 0 Å². The van der Waals surface area contributed by atoms with Crippen LogP contribution >= 0.6 is 0 Å². The monoisotopic (exact) mass is 1160 g/mol. The van der Waals surface area contributed by atoms with E-state index >= 15 is 0 Å². The Bertz CT molecular complexity index is 4260. The molecule has 0 spiro atoms. The molecule has 0 bridgehead atoms. The molecule has 11 aromatic rings. The maximum Gasteiger partial charge on any atom is 0.416 e. The Morgan fingerprint density at radius 3 is 1.05 bits per heavy atom. The number of aryl methyl sites for hydroxylation is 1. The predicted octanol–water partition coefficient (Wildman–Crippen LogP) is 20.7. The van der Waals surface area contributed by atoms with Gasteiger partial charge in [0.1, 0.15) is 0 Å². The topological polar surface area (TPSA) is 61.4 Å². The van der Waals surface area contributed by atoms with Crippen molar-refractivity contribution in [2.75, 3.05) is 0 Å². The molecule has 0 aliphatic heterocycles. The van der Waals surface area contributed by atoms with Gasteiger partial charge in [0, 0.05) is 55.6 Å². The highest BCUT2D eigenvalue weighted by molar-refractivity contribution is 6.12. The Labute approximate surface area is 487 Å². The Morgan fingerprint density at radius 1 is 0.318 bits per heavy atom. The lowest BCUT2D eigenvalue weighted by molar-refractivity contribution is -0.138. The highest BCUT2D eigenvalue weighted by Crippen LogP contribution is 2.46. The van der Waals surface area contributed by atoms with Gasteiger partial charge in [0.05, 0.1) is 56.3 Å². The van der Waals surface area contributed by atoms with Crippen molar-refractivity contribution in [2.45, 2.75) is 130 Å². The predicted molar refractivity (Wildman–Crippen MR) is 323 cm³/mol. The Morgan fingerprint density at radius 2 is 0.671 bits per heavy atom. The second-order valence-electron chi connectivity index (χ2n) is 26.4. The Hall–Kier alpha value is -8.33. The summed E-state index contributed by atoms with van der Waals surface area (Å²) in [6.45, 7) is 27.6. The van der Waals surface area contributed by atoms with Crippen molar-refractivity contribution in [3.8, 4) is 56.7 Å². The summed E-state index contributed by atoms with van der Waals surface area (Å²) in [5.74, 6) is 1.01. The van der Waals surface area contributed by atoms with E-state index in [0.717, 1.165) is 75.3 Å². The fourth-order valence-electron chi connectivity index (χ4n) is 11.1.